The number of aliphatic hydroxyl groups is 1. The molecule has 1 N–H and O–H groups in total. The third-order valence-electron chi connectivity index (χ3n) is 5.54. The van der Waals surface area contributed by atoms with E-state index in [-0.39, 0.29) is 18.0 Å². The van der Waals surface area contributed by atoms with Crippen molar-refractivity contribution in [2.75, 3.05) is 7.11 Å². The molecule has 0 aliphatic carbocycles. The standard InChI is InChI=1S/C24H33ClO4/c1-17(11-18(2)23-14-22(28-3)15-24(27)29-23)9-10-21(26)13-20(16-25)12-19-7-5-4-6-8-19/h4-8,15-18,21,23,26H,9-14H2,1-3H3/b20-16+/t17-,18-,21-,23+/m1/s1. The van der Waals surface area contributed by atoms with E-state index in [2.05, 4.69) is 26.0 Å². The van der Waals surface area contributed by atoms with Gasteiger partial charge in [-0.05, 0) is 49.5 Å². The lowest BCUT2D eigenvalue weighted by Gasteiger charge is -2.29. The molecule has 0 saturated carbocycles. The fourth-order valence-electron chi connectivity index (χ4n) is 3.87. The molecule has 5 heteroatoms. The van der Waals surface area contributed by atoms with E-state index in [1.807, 2.05) is 18.2 Å². The van der Waals surface area contributed by atoms with Crippen LogP contribution in [-0.4, -0.2) is 30.4 Å². The normalized spacial score (nSPS) is 20.4. The maximum Gasteiger partial charge on any atom is 0.334 e. The molecule has 0 bridgehead atoms. The van der Waals surface area contributed by atoms with Crippen LogP contribution in [0, 0.1) is 11.8 Å². The monoisotopic (exact) mass is 420 g/mol. The van der Waals surface area contributed by atoms with Crippen LogP contribution < -0.4 is 0 Å². The van der Waals surface area contributed by atoms with Crippen LogP contribution in [-0.2, 0) is 20.7 Å². The largest absolute Gasteiger partial charge is 0.501 e. The van der Waals surface area contributed by atoms with Crippen molar-refractivity contribution in [1.29, 1.82) is 0 Å². The van der Waals surface area contributed by atoms with Gasteiger partial charge in [0.1, 0.15) is 11.9 Å². The van der Waals surface area contributed by atoms with Crippen LogP contribution in [0.25, 0.3) is 0 Å². The molecule has 0 radical (unpaired) electrons. The van der Waals surface area contributed by atoms with Gasteiger partial charge in [-0.3, -0.25) is 0 Å². The molecule has 1 aliphatic rings. The summed E-state index contributed by atoms with van der Waals surface area (Å²) < 4.78 is 10.7. The number of carbonyl (C=O) groups is 1. The Morgan fingerprint density at radius 1 is 1.31 bits per heavy atom. The lowest BCUT2D eigenvalue weighted by Crippen LogP contribution is -2.30. The van der Waals surface area contributed by atoms with Crippen LogP contribution >= 0.6 is 11.6 Å². The number of hydrogen-bond acceptors (Lipinski definition) is 4. The minimum absolute atomic E-state index is 0.147. The number of carbonyl (C=O) groups excluding carboxylic acids is 1. The van der Waals surface area contributed by atoms with Crippen molar-refractivity contribution in [3.05, 3.63) is 58.8 Å². The Morgan fingerprint density at radius 3 is 2.69 bits per heavy atom. The van der Waals surface area contributed by atoms with Gasteiger partial charge in [-0.1, -0.05) is 61.4 Å². The quantitative estimate of drug-likeness (QED) is 0.487. The molecule has 1 aromatic rings. The molecule has 0 saturated heterocycles. The lowest BCUT2D eigenvalue weighted by molar-refractivity contribution is -0.148. The van der Waals surface area contributed by atoms with Gasteiger partial charge in [-0.2, -0.15) is 0 Å². The summed E-state index contributed by atoms with van der Waals surface area (Å²) in [4.78, 5) is 11.7. The lowest BCUT2D eigenvalue weighted by atomic mass is 9.87. The summed E-state index contributed by atoms with van der Waals surface area (Å²) in [5, 5.41) is 10.5. The van der Waals surface area contributed by atoms with Crippen LogP contribution in [0.3, 0.4) is 0 Å². The first-order chi connectivity index (χ1) is 13.9. The summed E-state index contributed by atoms with van der Waals surface area (Å²) in [6.07, 6.45) is 5.42. The molecule has 0 unspecified atom stereocenters. The van der Waals surface area contributed by atoms with Crippen molar-refractivity contribution in [2.24, 2.45) is 11.8 Å². The average Bonchev–Trinajstić information content (AvgIpc) is 2.72. The van der Waals surface area contributed by atoms with E-state index >= 15 is 0 Å². The molecule has 0 spiro atoms. The summed E-state index contributed by atoms with van der Waals surface area (Å²) in [5.74, 6) is 1.01. The van der Waals surface area contributed by atoms with Crippen molar-refractivity contribution in [2.45, 2.75) is 64.6 Å². The number of hydrogen-bond donors (Lipinski definition) is 1. The van der Waals surface area contributed by atoms with Gasteiger partial charge in [0.2, 0.25) is 0 Å². The SMILES string of the molecule is COC1=CC(=O)O[C@H]([C@H](C)C[C@H](C)CC[C@@H](O)C/C(=C/Cl)Cc2ccccc2)C1. The van der Waals surface area contributed by atoms with E-state index in [0.29, 0.717) is 24.5 Å². The summed E-state index contributed by atoms with van der Waals surface area (Å²) in [5.41, 5.74) is 3.83. The highest BCUT2D eigenvalue weighted by Gasteiger charge is 2.28. The Balaban J connectivity index is 1.74. The maximum atomic E-state index is 11.7. The van der Waals surface area contributed by atoms with Gasteiger partial charge in [-0.25, -0.2) is 4.79 Å². The molecular weight excluding hydrogens is 388 g/mol. The number of rotatable bonds is 11. The van der Waals surface area contributed by atoms with Crippen LogP contribution in [0.15, 0.2) is 53.3 Å². The highest BCUT2D eigenvalue weighted by Crippen LogP contribution is 2.28. The fourth-order valence-corrected chi connectivity index (χ4v) is 4.04. The number of halogens is 1. The van der Waals surface area contributed by atoms with Crippen LogP contribution in [0.1, 0.15) is 51.5 Å². The van der Waals surface area contributed by atoms with Gasteiger partial charge < -0.3 is 14.6 Å². The van der Waals surface area contributed by atoms with Gasteiger partial charge >= 0.3 is 5.97 Å². The van der Waals surface area contributed by atoms with Crippen molar-refractivity contribution >= 4 is 17.6 Å². The minimum Gasteiger partial charge on any atom is -0.501 e. The smallest absolute Gasteiger partial charge is 0.334 e. The van der Waals surface area contributed by atoms with Gasteiger partial charge in [0.15, 0.2) is 0 Å². The van der Waals surface area contributed by atoms with Crippen molar-refractivity contribution in [3.63, 3.8) is 0 Å². The van der Waals surface area contributed by atoms with Gasteiger partial charge in [0.05, 0.1) is 19.3 Å². The van der Waals surface area contributed by atoms with E-state index in [0.717, 1.165) is 31.3 Å². The predicted octanol–water partition coefficient (Wildman–Crippen LogP) is 5.39. The summed E-state index contributed by atoms with van der Waals surface area (Å²) in [6, 6.07) is 10.1. The Hall–Kier alpha value is -1.78. The molecule has 0 aromatic heterocycles. The molecule has 2 rings (SSSR count). The van der Waals surface area contributed by atoms with Crippen molar-refractivity contribution in [1.82, 2.24) is 0 Å². The second-order valence-electron chi connectivity index (χ2n) is 8.18. The molecule has 1 aromatic carbocycles. The van der Waals surface area contributed by atoms with E-state index in [9.17, 15) is 9.90 Å². The Labute approximate surface area is 179 Å². The molecule has 4 nitrogen and oxygen atoms in total. The van der Waals surface area contributed by atoms with E-state index < -0.39 is 6.10 Å². The molecule has 1 heterocycles. The summed E-state index contributed by atoms with van der Waals surface area (Å²) in [6.45, 7) is 4.29. The minimum atomic E-state index is -0.406. The molecule has 4 atom stereocenters. The molecule has 1 aliphatic heterocycles. The van der Waals surface area contributed by atoms with Crippen molar-refractivity contribution in [3.8, 4) is 0 Å². The number of aliphatic hydroxyl groups excluding tert-OH is 1. The highest BCUT2D eigenvalue weighted by atomic mass is 35.5. The zero-order valence-electron chi connectivity index (χ0n) is 17.6. The van der Waals surface area contributed by atoms with E-state index in [4.69, 9.17) is 21.1 Å². The number of esters is 1. The third kappa shape index (κ3) is 8.23. The number of cyclic esters (lactones) is 1. The van der Waals surface area contributed by atoms with Gasteiger partial charge in [0.25, 0.3) is 0 Å². The third-order valence-corrected chi connectivity index (χ3v) is 5.85. The Kier molecular flexibility index (Phi) is 9.75. The molecular formula is C24H33ClO4. The zero-order valence-corrected chi connectivity index (χ0v) is 18.4. The highest BCUT2D eigenvalue weighted by molar-refractivity contribution is 6.25. The zero-order chi connectivity index (χ0) is 21.2. The summed E-state index contributed by atoms with van der Waals surface area (Å²) >= 11 is 5.99. The maximum absolute atomic E-state index is 11.7. The van der Waals surface area contributed by atoms with E-state index in [1.54, 1.807) is 12.6 Å². The summed E-state index contributed by atoms with van der Waals surface area (Å²) in [7, 11) is 1.58. The average molecular weight is 421 g/mol. The number of methoxy groups -OCH3 is 1. The number of ether oxygens (including phenoxy) is 2. The first-order valence-corrected chi connectivity index (χ1v) is 10.8. The van der Waals surface area contributed by atoms with Crippen LogP contribution in [0.5, 0.6) is 0 Å². The fraction of sp³-hybridized carbons (Fsp3) is 0.542. The Morgan fingerprint density at radius 2 is 2.03 bits per heavy atom. The topological polar surface area (TPSA) is 55.8 Å². The first kappa shape index (κ1) is 23.5. The van der Waals surface area contributed by atoms with Crippen molar-refractivity contribution < 1.29 is 19.4 Å². The second-order valence-corrected chi connectivity index (χ2v) is 8.40. The second kappa shape index (κ2) is 12.0. The van der Waals surface area contributed by atoms with E-state index in [1.165, 1.54) is 11.6 Å². The Bertz CT molecular complexity index is 698. The molecule has 160 valence electrons. The van der Waals surface area contributed by atoms with Gasteiger partial charge in [-0.15, -0.1) is 0 Å². The molecule has 29 heavy (non-hydrogen) atoms. The van der Waals surface area contributed by atoms with Crippen LogP contribution in [0.4, 0.5) is 0 Å². The van der Waals surface area contributed by atoms with Gasteiger partial charge in [0, 0.05) is 12.0 Å². The molecule has 0 fully saturated rings. The predicted molar refractivity (Wildman–Crippen MR) is 116 cm³/mol. The van der Waals surface area contributed by atoms with Crippen LogP contribution in [0.2, 0.25) is 0 Å². The first-order valence-electron chi connectivity index (χ1n) is 10.4. The molecule has 0 amide bonds. The number of benzene rings is 1.